The van der Waals surface area contributed by atoms with E-state index in [-0.39, 0.29) is 24.2 Å². The molecule has 0 amide bonds. The van der Waals surface area contributed by atoms with Crippen molar-refractivity contribution in [3.8, 4) is 0 Å². The van der Waals surface area contributed by atoms with E-state index in [0.29, 0.717) is 12.8 Å². The molecule has 2 N–H and O–H groups in total. The van der Waals surface area contributed by atoms with Gasteiger partial charge >= 0.3 is 5.97 Å². The van der Waals surface area contributed by atoms with Crippen LogP contribution in [-0.2, 0) is 27.2 Å². The molecule has 0 aliphatic rings. The number of thioether (sulfide) groups is 1. The molecule has 2 unspecified atom stereocenters. The number of esters is 1. The lowest BCUT2D eigenvalue weighted by Gasteiger charge is -2.21. The molecule has 0 radical (unpaired) electrons. The molecule has 1 heterocycles. The number of carbonyl (C=O) groups is 2. The van der Waals surface area contributed by atoms with Crippen LogP contribution in [0.5, 0.6) is 0 Å². The van der Waals surface area contributed by atoms with Gasteiger partial charge in [0.05, 0.1) is 19.1 Å². The standard InChI is InChI=1S/C25H30N2O3S/c1-30-25(29)19(15-20-17-27-22-11-7-6-10-21(20)22)16-24(28)23(26-12-13-31-2)14-18-8-4-3-5-9-18/h3-11,17,19,23,26-27H,12-16H2,1-2H3. The van der Waals surface area contributed by atoms with Crippen LogP contribution in [0.1, 0.15) is 17.5 Å². The molecule has 0 aliphatic carbocycles. The molecule has 0 saturated carbocycles. The van der Waals surface area contributed by atoms with Gasteiger partial charge in [-0.1, -0.05) is 48.5 Å². The van der Waals surface area contributed by atoms with Gasteiger partial charge in [-0.15, -0.1) is 0 Å². The fourth-order valence-electron chi connectivity index (χ4n) is 3.84. The van der Waals surface area contributed by atoms with Crippen molar-refractivity contribution in [2.75, 3.05) is 25.7 Å². The minimum absolute atomic E-state index is 0.0418. The number of H-pyrrole nitrogens is 1. The van der Waals surface area contributed by atoms with Crippen LogP contribution in [0, 0.1) is 5.92 Å². The molecule has 1 aromatic heterocycles. The predicted octanol–water partition coefficient (Wildman–Crippen LogP) is 4.02. The second-order valence-electron chi connectivity index (χ2n) is 7.64. The minimum atomic E-state index is -0.516. The van der Waals surface area contributed by atoms with Crippen molar-refractivity contribution < 1.29 is 14.3 Å². The van der Waals surface area contributed by atoms with Crippen molar-refractivity contribution in [3.05, 3.63) is 71.9 Å². The summed E-state index contributed by atoms with van der Waals surface area (Å²) in [6, 6.07) is 17.6. The van der Waals surface area contributed by atoms with Gasteiger partial charge in [-0.2, -0.15) is 11.8 Å². The van der Waals surface area contributed by atoms with Crippen LogP contribution in [0.2, 0.25) is 0 Å². The van der Waals surface area contributed by atoms with E-state index in [2.05, 4.69) is 10.3 Å². The van der Waals surface area contributed by atoms with E-state index < -0.39 is 5.92 Å². The molecular weight excluding hydrogens is 408 g/mol. The van der Waals surface area contributed by atoms with Gasteiger partial charge in [0.25, 0.3) is 0 Å². The van der Waals surface area contributed by atoms with Crippen molar-refractivity contribution in [2.24, 2.45) is 5.92 Å². The van der Waals surface area contributed by atoms with E-state index >= 15 is 0 Å². The maximum absolute atomic E-state index is 13.3. The summed E-state index contributed by atoms with van der Waals surface area (Å²) >= 11 is 1.74. The van der Waals surface area contributed by atoms with Crippen LogP contribution in [0.15, 0.2) is 60.8 Å². The first-order chi connectivity index (χ1) is 15.1. The number of aromatic amines is 1. The topological polar surface area (TPSA) is 71.2 Å². The van der Waals surface area contributed by atoms with E-state index in [9.17, 15) is 9.59 Å². The van der Waals surface area contributed by atoms with Gasteiger partial charge in [-0.05, 0) is 36.3 Å². The zero-order chi connectivity index (χ0) is 22.1. The Hall–Kier alpha value is -2.57. The number of hydrogen-bond donors (Lipinski definition) is 2. The number of rotatable bonds is 12. The minimum Gasteiger partial charge on any atom is -0.469 e. The van der Waals surface area contributed by atoms with Crippen LogP contribution in [0.4, 0.5) is 0 Å². The van der Waals surface area contributed by atoms with Gasteiger partial charge in [0, 0.05) is 35.8 Å². The molecule has 0 aliphatic heterocycles. The number of aromatic nitrogens is 1. The summed E-state index contributed by atoms with van der Waals surface area (Å²) < 4.78 is 5.05. The Kier molecular flexibility index (Phi) is 8.74. The van der Waals surface area contributed by atoms with E-state index in [0.717, 1.165) is 34.3 Å². The summed E-state index contributed by atoms with van der Waals surface area (Å²) in [5.41, 5.74) is 3.14. The Morgan fingerprint density at radius 3 is 2.55 bits per heavy atom. The summed E-state index contributed by atoms with van der Waals surface area (Å²) in [5, 5.41) is 4.46. The Morgan fingerprint density at radius 2 is 1.81 bits per heavy atom. The Morgan fingerprint density at radius 1 is 1.06 bits per heavy atom. The van der Waals surface area contributed by atoms with Crippen LogP contribution in [-0.4, -0.2) is 48.4 Å². The van der Waals surface area contributed by atoms with Crippen LogP contribution in [0.25, 0.3) is 10.9 Å². The maximum Gasteiger partial charge on any atom is 0.309 e. The molecule has 3 rings (SSSR count). The number of carbonyl (C=O) groups excluding carboxylic acids is 2. The SMILES string of the molecule is COC(=O)C(CC(=O)C(Cc1ccccc1)NCCSC)Cc1c[nH]c2ccccc12. The molecule has 164 valence electrons. The molecule has 2 atom stereocenters. The molecule has 0 bridgehead atoms. The molecular formula is C25H30N2O3S. The summed E-state index contributed by atoms with van der Waals surface area (Å²) in [6.07, 6.45) is 5.18. The average Bonchev–Trinajstić information content (AvgIpc) is 3.21. The Balaban J connectivity index is 1.75. The lowest BCUT2D eigenvalue weighted by atomic mass is 9.90. The van der Waals surface area contributed by atoms with Crippen molar-refractivity contribution in [1.29, 1.82) is 0 Å². The smallest absolute Gasteiger partial charge is 0.309 e. The summed E-state index contributed by atoms with van der Waals surface area (Å²) in [7, 11) is 1.38. The highest BCUT2D eigenvalue weighted by Crippen LogP contribution is 2.23. The fraction of sp³-hybridized carbons (Fsp3) is 0.360. The fourth-order valence-corrected chi connectivity index (χ4v) is 4.16. The third-order valence-corrected chi connectivity index (χ3v) is 6.10. The van der Waals surface area contributed by atoms with Crippen LogP contribution >= 0.6 is 11.8 Å². The molecule has 0 spiro atoms. The van der Waals surface area contributed by atoms with Crippen LogP contribution in [0.3, 0.4) is 0 Å². The lowest BCUT2D eigenvalue weighted by Crippen LogP contribution is -2.41. The van der Waals surface area contributed by atoms with Gasteiger partial charge in [0.15, 0.2) is 5.78 Å². The molecule has 5 nitrogen and oxygen atoms in total. The molecule has 0 fully saturated rings. The lowest BCUT2D eigenvalue weighted by molar-refractivity contribution is -0.147. The zero-order valence-corrected chi connectivity index (χ0v) is 18.9. The summed E-state index contributed by atoms with van der Waals surface area (Å²) in [6.45, 7) is 0.746. The van der Waals surface area contributed by atoms with Gasteiger partial charge < -0.3 is 15.0 Å². The molecule has 2 aromatic carbocycles. The number of methoxy groups -OCH3 is 1. The number of Topliss-reactive ketones (excluding diaryl/α,β-unsaturated/α-hetero) is 1. The monoisotopic (exact) mass is 438 g/mol. The maximum atomic E-state index is 13.3. The summed E-state index contributed by atoms with van der Waals surface area (Å²) in [5.74, 6) is 0.104. The van der Waals surface area contributed by atoms with Crippen molar-refractivity contribution in [3.63, 3.8) is 0 Å². The average molecular weight is 439 g/mol. The van der Waals surface area contributed by atoms with E-state index in [4.69, 9.17) is 4.74 Å². The van der Waals surface area contributed by atoms with Crippen LogP contribution < -0.4 is 5.32 Å². The number of fused-ring (bicyclic) bond motifs is 1. The number of ether oxygens (including phenoxy) is 1. The molecule has 6 heteroatoms. The van der Waals surface area contributed by atoms with E-state index in [1.54, 1.807) is 11.8 Å². The molecule has 0 saturated heterocycles. The number of para-hydroxylation sites is 1. The van der Waals surface area contributed by atoms with E-state index in [1.165, 1.54) is 7.11 Å². The number of nitrogens with one attached hydrogen (secondary N) is 2. The Bertz CT molecular complexity index is 987. The first-order valence-electron chi connectivity index (χ1n) is 10.5. The van der Waals surface area contributed by atoms with Gasteiger partial charge in [-0.25, -0.2) is 0 Å². The number of hydrogen-bond acceptors (Lipinski definition) is 5. The summed E-state index contributed by atoms with van der Waals surface area (Å²) in [4.78, 5) is 29.1. The largest absolute Gasteiger partial charge is 0.469 e. The zero-order valence-electron chi connectivity index (χ0n) is 18.1. The number of ketones is 1. The van der Waals surface area contributed by atoms with Gasteiger partial charge in [0.1, 0.15) is 0 Å². The predicted molar refractivity (Wildman–Crippen MR) is 127 cm³/mol. The quantitative estimate of drug-likeness (QED) is 0.330. The van der Waals surface area contributed by atoms with Crippen molar-refractivity contribution in [2.45, 2.75) is 25.3 Å². The first kappa shape index (κ1) is 23.1. The van der Waals surface area contributed by atoms with Crippen molar-refractivity contribution in [1.82, 2.24) is 10.3 Å². The first-order valence-corrected chi connectivity index (χ1v) is 11.9. The Labute approximate surface area is 188 Å². The van der Waals surface area contributed by atoms with Gasteiger partial charge in [0.2, 0.25) is 0 Å². The highest BCUT2D eigenvalue weighted by molar-refractivity contribution is 7.98. The second kappa shape index (κ2) is 11.7. The van der Waals surface area contributed by atoms with E-state index in [1.807, 2.05) is 67.0 Å². The highest BCUT2D eigenvalue weighted by Gasteiger charge is 2.28. The van der Waals surface area contributed by atoms with Gasteiger partial charge in [-0.3, -0.25) is 9.59 Å². The normalized spacial score (nSPS) is 13.1. The number of benzene rings is 2. The second-order valence-corrected chi connectivity index (χ2v) is 8.63. The highest BCUT2D eigenvalue weighted by atomic mass is 32.2. The molecule has 3 aromatic rings. The van der Waals surface area contributed by atoms with Crippen molar-refractivity contribution >= 4 is 34.4 Å². The third-order valence-electron chi connectivity index (χ3n) is 5.49. The molecule has 31 heavy (non-hydrogen) atoms. The third kappa shape index (κ3) is 6.45.